The Labute approximate surface area is 153 Å². The van der Waals surface area contributed by atoms with Crippen molar-refractivity contribution in [3.8, 4) is 11.4 Å². The number of fused-ring (bicyclic) bond motifs is 1. The maximum atomic E-state index is 14.3. The van der Waals surface area contributed by atoms with Gasteiger partial charge < -0.3 is 0 Å². The third-order valence-electron chi connectivity index (χ3n) is 4.09. The minimum atomic E-state index is -0.533. The summed E-state index contributed by atoms with van der Waals surface area (Å²) in [6.45, 7) is 0. The molecule has 0 N–H and O–H groups in total. The van der Waals surface area contributed by atoms with E-state index in [2.05, 4.69) is 10.1 Å². The molecular weight excluding hydrogens is 348 g/mol. The molecule has 0 aliphatic carbocycles. The molecule has 1 heterocycles. The lowest BCUT2D eigenvalue weighted by Crippen LogP contribution is -2.20. The van der Waals surface area contributed by atoms with E-state index in [1.807, 2.05) is 0 Å². The summed E-state index contributed by atoms with van der Waals surface area (Å²) >= 11 is 0. The Morgan fingerprint density at radius 2 is 1.52 bits per heavy atom. The smallest absolute Gasteiger partial charge is 0.267 e. The topological polar surface area (TPSA) is 47.2 Å². The third-order valence-corrected chi connectivity index (χ3v) is 4.09. The summed E-state index contributed by atoms with van der Waals surface area (Å²) < 4.78 is 29.2. The number of hydrogen-bond acceptors (Lipinski definition) is 3. The molecule has 0 unspecified atom stereocenters. The van der Waals surface area contributed by atoms with E-state index in [4.69, 9.17) is 0 Å². The second-order valence-corrected chi connectivity index (χ2v) is 5.82. The fraction of sp³-hybridized carbons (Fsp3) is 0. The Morgan fingerprint density at radius 1 is 0.852 bits per heavy atom. The van der Waals surface area contributed by atoms with Crippen molar-refractivity contribution < 1.29 is 8.78 Å². The summed E-state index contributed by atoms with van der Waals surface area (Å²) in [4.78, 5) is 17.4. The van der Waals surface area contributed by atoms with Crippen molar-refractivity contribution in [2.24, 2.45) is 5.10 Å². The Balaban J connectivity index is 1.99. The molecule has 132 valence electrons. The van der Waals surface area contributed by atoms with Crippen LogP contribution in [0.4, 0.5) is 8.78 Å². The predicted molar refractivity (Wildman–Crippen MR) is 101 cm³/mol. The van der Waals surface area contributed by atoms with Crippen LogP contribution in [0.25, 0.3) is 22.3 Å². The Bertz CT molecular complexity index is 1230. The van der Waals surface area contributed by atoms with Gasteiger partial charge in [-0.1, -0.05) is 42.5 Å². The number of para-hydroxylation sites is 1. The average molecular weight is 361 g/mol. The van der Waals surface area contributed by atoms with Crippen LogP contribution in [0.3, 0.4) is 0 Å². The number of hydrogen-bond donors (Lipinski definition) is 0. The molecule has 0 amide bonds. The van der Waals surface area contributed by atoms with E-state index in [9.17, 15) is 13.6 Å². The fourth-order valence-corrected chi connectivity index (χ4v) is 2.75. The van der Waals surface area contributed by atoms with Gasteiger partial charge in [-0.05, 0) is 30.3 Å². The van der Waals surface area contributed by atoms with Crippen LogP contribution in [0.1, 0.15) is 5.56 Å². The zero-order valence-electron chi connectivity index (χ0n) is 14.0. The highest BCUT2D eigenvalue weighted by Gasteiger charge is 2.15. The maximum Gasteiger partial charge on any atom is 0.282 e. The molecule has 3 aromatic carbocycles. The SMILES string of the molecule is O=c1c2ccccc2nc(-c2ccccc2F)n1N=Cc1ccccc1F. The lowest BCUT2D eigenvalue weighted by molar-refractivity contribution is 0.624. The van der Waals surface area contributed by atoms with Gasteiger partial charge in [0, 0.05) is 5.56 Å². The van der Waals surface area contributed by atoms with Crippen LogP contribution in [-0.2, 0) is 0 Å². The molecule has 0 saturated heterocycles. The van der Waals surface area contributed by atoms with Gasteiger partial charge in [0.1, 0.15) is 11.6 Å². The van der Waals surface area contributed by atoms with Crippen LogP contribution in [0.15, 0.2) is 82.7 Å². The molecule has 6 heteroatoms. The maximum absolute atomic E-state index is 14.3. The number of nitrogens with zero attached hydrogens (tertiary/aromatic N) is 3. The summed E-state index contributed by atoms with van der Waals surface area (Å²) in [5.41, 5.74) is 0.299. The molecule has 0 bridgehead atoms. The summed E-state index contributed by atoms with van der Waals surface area (Å²) in [7, 11) is 0. The van der Waals surface area contributed by atoms with Crippen molar-refractivity contribution in [3.05, 3.63) is 100 Å². The molecule has 0 aliphatic heterocycles. The van der Waals surface area contributed by atoms with Crippen molar-refractivity contribution in [2.75, 3.05) is 0 Å². The summed E-state index contributed by atoms with van der Waals surface area (Å²) in [5.74, 6) is -0.964. The quantitative estimate of drug-likeness (QED) is 0.513. The highest BCUT2D eigenvalue weighted by molar-refractivity contribution is 5.82. The van der Waals surface area contributed by atoms with Gasteiger partial charge in [-0.2, -0.15) is 9.78 Å². The van der Waals surface area contributed by atoms with E-state index in [0.717, 1.165) is 4.68 Å². The van der Waals surface area contributed by atoms with Gasteiger partial charge >= 0.3 is 0 Å². The van der Waals surface area contributed by atoms with Crippen molar-refractivity contribution in [3.63, 3.8) is 0 Å². The Morgan fingerprint density at radius 3 is 2.30 bits per heavy atom. The van der Waals surface area contributed by atoms with Crippen molar-refractivity contribution >= 4 is 17.1 Å². The zero-order valence-corrected chi connectivity index (χ0v) is 14.0. The number of aromatic nitrogens is 2. The highest BCUT2D eigenvalue weighted by Crippen LogP contribution is 2.21. The van der Waals surface area contributed by atoms with Crippen LogP contribution in [0, 0.1) is 11.6 Å². The predicted octanol–water partition coefficient (Wildman–Crippen LogP) is 4.22. The van der Waals surface area contributed by atoms with Gasteiger partial charge in [-0.15, -0.1) is 0 Å². The summed E-state index contributed by atoms with van der Waals surface area (Å²) in [6, 6.07) is 18.8. The molecule has 0 spiro atoms. The second kappa shape index (κ2) is 6.92. The molecule has 0 aliphatic rings. The normalized spacial score (nSPS) is 11.3. The molecule has 4 rings (SSSR count). The second-order valence-electron chi connectivity index (χ2n) is 5.82. The molecule has 0 saturated carbocycles. The monoisotopic (exact) mass is 361 g/mol. The van der Waals surface area contributed by atoms with E-state index in [1.54, 1.807) is 48.5 Å². The first-order chi connectivity index (χ1) is 13.1. The van der Waals surface area contributed by atoms with Crippen molar-refractivity contribution in [2.45, 2.75) is 0 Å². The van der Waals surface area contributed by atoms with Crippen molar-refractivity contribution in [1.29, 1.82) is 0 Å². The van der Waals surface area contributed by atoms with Crippen LogP contribution >= 0.6 is 0 Å². The standard InChI is InChI=1S/C21H13F2N3O/c22-17-10-4-1-7-14(17)13-24-26-20(15-8-2-5-11-18(15)23)25-19-12-6-3-9-16(19)21(26)27/h1-13H. The van der Waals surface area contributed by atoms with Gasteiger partial charge in [-0.3, -0.25) is 4.79 Å². The first-order valence-corrected chi connectivity index (χ1v) is 8.21. The number of rotatable bonds is 3. The number of benzene rings is 3. The molecule has 4 aromatic rings. The lowest BCUT2D eigenvalue weighted by Gasteiger charge is -2.10. The molecule has 0 radical (unpaired) electrons. The number of halogens is 2. The van der Waals surface area contributed by atoms with Gasteiger partial charge in [0.25, 0.3) is 5.56 Å². The van der Waals surface area contributed by atoms with E-state index in [1.165, 1.54) is 30.5 Å². The van der Waals surface area contributed by atoms with E-state index >= 15 is 0 Å². The van der Waals surface area contributed by atoms with E-state index < -0.39 is 17.2 Å². The zero-order chi connectivity index (χ0) is 18.8. The highest BCUT2D eigenvalue weighted by atomic mass is 19.1. The first kappa shape index (κ1) is 16.8. The van der Waals surface area contributed by atoms with Gasteiger partial charge in [0.05, 0.1) is 22.7 Å². The third kappa shape index (κ3) is 3.13. The minimum absolute atomic E-state index is 0.0457. The lowest BCUT2D eigenvalue weighted by atomic mass is 10.2. The van der Waals surface area contributed by atoms with Crippen LogP contribution in [-0.4, -0.2) is 15.9 Å². The Hall–Kier alpha value is -3.67. The summed E-state index contributed by atoms with van der Waals surface area (Å²) in [6.07, 6.45) is 1.22. The fourth-order valence-electron chi connectivity index (χ4n) is 2.75. The minimum Gasteiger partial charge on any atom is -0.267 e. The van der Waals surface area contributed by atoms with Gasteiger partial charge in [0.2, 0.25) is 0 Å². The van der Waals surface area contributed by atoms with Gasteiger partial charge in [-0.25, -0.2) is 13.8 Å². The molecule has 0 fully saturated rings. The molecule has 0 atom stereocenters. The first-order valence-electron chi connectivity index (χ1n) is 8.21. The molecule has 4 nitrogen and oxygen atoms in total. The molecular formula is C21H13F2N3O. The summed E-state index contributed by atoms with van der Waals surface area (Å²) in [5, 5.41) is 4.45. The van der Waals surface area contributed by atoms with Crippen LogP contribution in [0.5, 0.6) is 0 Å². The van der Waals surface area contributed by atoms with Crippen LogP contribution in [0.2, 0.25) is 0 Å². The van der Waals surface area contributed by atoms with Crippen molar-refractivity contribution in [1.82, 2.24) is 9.66 Å². The average Bonchev–Trinajstić information content (AvgIpc) is 2.69. The van der Waals surface area contributed by atoms with E-state index in [-0.39, 0.29) is 17.0 Å². The molecule has 1 aromatic heterocycles. The van der Waals surface area contributed by atoms with Gasteiger partial charge in [0.15, 0.2) is 5.82 Å². The van der Waals surface area contributed by atoms with Crippen LogP contribution < -0.4 is 5.56 Å². The van der Waals surface area contributed by atoms with E-state index in [0.29, 0.717) is 10.9 Å². The molecule has 27 heavy (non-hydrogen) atoms. The Kier molecular flexibility index (Phi) is 4.30. The largest absolute Gasteiger partial charge is 0.282 e.